The van der Waals surface area contributed by atoms with Crippen LogP contribution in [0.5, 0.6) is 5.75 Å². The zero-order valence-corrected chi connectivity index (χ0v) is 12.6. The van der Waals surface area contributed by atoms with Crippen LogP contribution in [-0.2, 0) is 4.79 Å². The molecule has 0 saturated heterocycles. The van der Waals surface area contributed by atoms with Crippen LogP contribution in [0.25, 0.3) is 11.0 Å². The summed E-state index contributed by atoms with van der Waals surface area (Å²) in [5, 5.41) is 9.17. The molecule has 1 heterocycles. The fraction of sp³-hybridized carbons (Fsp3) is 0.375. The van der Waals surface area contributed by atoms with Crippen LogP contribution >= 0.6 is 11.6 Å². The Labute approximate surface area is 131 Å². The molecule has 22 heavy (non-hydrogen) atoms. The summed E-state index contributed by atoms with van der Waals surface area (Å²) in [6.45, 7) is -0.480. The van der Waals surface area contributed by atoms with E-state index >= 15 is 0 Å². The molecule has 0 radical (unpaired) electrons. The van der Waals surface area contributed by atoms with Gasteiger partial charge in [0.05, 0.1) is 16.7 Å². The average Bonchev–Trinajstić information content (AvgIpc) is 2.99. The number of carboxylic acids is 1. The Kier molecular flexibility index (Phi) is 4.07. The first-order valence-corrected chi connectivity index (χ1v) is 7.53. The third-order valence-electron chi connectivity index (χ3n) is 3.99. The molecule has 6 heteroatoms. The second kappa shape index (κ2) is 6.01. The van der Waals surface area contributed by atoms with Crippen LogP contribution in [0.2, 0.25) is 5.02 Å². The van der Waals surface area contributed by atoms with Gasteiger partial charge in [-0.3, -0.25) is 4.79 Å². The van der Waals surface area contributed by atoms with E-state index in [-0.39, 0.29) is 22.1 Å². The summed E-state index contributed by atoms with van der Waals surface area (Å²) in [5.41, 5.74) is 0.869. The van der Waals surface area contributed by atoms with Crippen molar-refractivity contribution in [2.24, 2.45) is 0 Å². The number of hydrogen-bond acceptors (Lipinski definition) is 4. The van der Waals surface area contributed by atoms with E-state index in [9.17, 15) is 9.59 Å². The predicted molar refractivity (Wildman–Crippen MR) is 81.8 cm³/mol. The number of rotatable bonds is 4. The molecular weight excluding hydrogens is 308 g/mol. The van der Waals surface area contributed by atoms with Gasteiger partial charge in [0.2, 0.25) is 0 Å². The topological polar surface area (TPSA) is 76.7 Å². The highest BCUT2D eigenvalue weighted by atomic mass is 35.5. The number of halogens is 1. The van der Waals surface area contributed by atoms with Gasteiger partial charge in [-0.2, -0.15) is 0 Å². The van der Waals surface area contributed by atoms with Gasteiger partial charge in [-0.15, -0.1) is 0 Å². The fourth-order valence-electron chi connectivity index (χ4n) is 2.94. The maximum atomic E-state index is 12.6. The van der Waals surface area contributed by atoms with Crippen LogP contribution in [0.1, 0.15) is 37.2 Å². The third-order valence-corrected chi connectivity index (χ3v) is 4.29. The Morgan fingerprint density at radius 3 is 2.77 bits per heavy atom. The molecule has 1 fully saturated rings. The van der Waals surface area contributed by atoms with Crippen molar-refractivity contribution in [3.05, 3.63) is 39.2 Å². The van der Waals surface area contributed by atoms with Crippen LogP contribution in [-0.4, -0.2) is 17.7 Å². The van der Waals surface area contributed by atoms with Gasteiger partial charge >= 0.3 is 5.97 Å². The van der Waals surface area contributed by atoms with Crippen molar-refractivity contribution in [3.63, 3.8) is 0 Å². The number of aliphatic carboxylic acids is 1. The monoisotopic (exact) mass is 322 g/mol. The van der Waals surface area contributed by atoms with E-state index in [0.29, 0.717) is 16.5 Å². The SMILES string of the molecule is O=C(O)COc1cc(Cl)c2c(=O)c(C3CCCC3)coc2c1. The molecule has 0 spiro atoms. The molecule has 116 valence electrons. The van der Waals surface area contributed by atoms with Crippen molar-refractivity contribution in [3.8, 4) is 5.75 Å². The molecule has 0 atom stereocenters. The summed E-state index contributed by atoms with van der Waals surface area (Å²) in [4.78, 5) is 23.2. The van der Waals surface area contributed by atoms with Crippen molar-refractivity contribution in [1.82, 2.24) is 0 Å². The molecule has 0 bridgehead atoms. The van der Waals surface area contributed by atoms with E-state index in [1.807, 2.05) is 0 Å². The summed E-state index contributed by atoms with van der Waals surface area (Å²) >= 11 is 6.17. The maximum absolute atomic E-state index is 12.6. The zero-order chi connectivity index (χ0) is 15.7. The second-order valence-electron chi connectivity index (χ2n) is 5.46. The van der Waals surface area contributed by atoms with E-state index in [1.165, 1.54) is 18.4 Å². The molecule has 0 amide bonds. The third kappa shape index (κ3) is 2.81. The molecule has 1 aromatic heterocycles. The van der Waals surface area contributed by atoms with Crippen LogP contribution < -0.4 is 10.2 Å². The van der Waals surface area contributed by atoms with Gasteiger partial charge in [-0.25, -0.2) is 4.79 Å². The van der Waals surface area contributed by atoms with Gasteiger partial charge in [0.1, 0.15) is 11.3 Å². The highest BCUT2D eigenvalue weighted by molar-refractivity contribution is 6.35. The van der Waals surface area contributed by atoms with E-state index in [2.05, 4.69) is 0 Å². The maximum Gasteiger partial charge on any atom is 0.341 e. The van der Waals surface area contributed by atoms with Gasteiger partial charge in [0.25, 0.3) is 0 Å². The fourth-order valence-corrected chi connectivity index (χ4v) is 3.23. The summed E-state index contributed by atoms with van der Waals surface area (Å²) in [6.07, 6.45) is 5.73. The molecule has 1 aliphatic rings. The van der Waals surface area contributed by atoms with E-state index in [1.54, 1.807) is 0 Å². The zero-order valence-electron chi connectivity index (χ0n) is 11.8. The number of ether oxygens (including phenoxy) is 1. The van der Waals surface area contributed by atoms with Gasteiger partial charge in [0.15, 0.2) is 12.0 Å². The van der Waals surface area contributed by atoms with Crippen LogP contribution in [0.15, 0.2) is 27.6 Å². The number of benzene rings is 1. The van der Waals surface area contributed by atoms with Gasteiger partial charge in [-0.05, 0) is 24.8 Å². The molecule has 1 aliphatic carbocycles. The molecule has 1 aromatic carbocycles. The number of carbonyl (C=O) groups is 1. The predicted octanol–water partition coefficient (Wildman–Crippen LogP) is 3.57. The van der Waals surface area contributed by atoms with E-state index < -0.39 is 12.6 Å². The standard InChI is InChI=1S/C16H15ClO5/c17-12-5-10(21-8-14(18)19)6-13-15(12)16(20)11(7-22-13)9-3-1-2-4-9/h5-7,9H,1-4,8H2,(H,18,19). The minimum atomic E-state index is -1.09. The Bertz CT molecular complexity index is 774. The lowest BCUT2D eigenvalue weighted by Crippen LogP contribution is -2.13. The minimum absolute atomic E-state index is 0.108. The summed E-state index contributed by atoms with van der Waals surface area (Å²) in [6, 6.07) is 2.94. The molecule has 1 N–H and O–H groups in total. The van der Waals surface area contributed by atoms with E-state index in [4.69, 9.17) is 25.9 Å². The molecule has 0 unspecified atom stereocenters. The minimum Gasteiger partial charge on any atom is -0.482 e. The Hall–Kier alpha value is -2.01. The smallest absolute Gasteiger partial charge is 0.341 e. The number of fused-ring (bicyclic) bond motifs is 1. The molecule has 5 nitrogen and oxygen atoms in total. The van der Waals surface area contributed by atoms with Crippen molar-refractivity contribution in [2.45, 2.75) is 31.6 Å². The Morgan fingerprint density at radius 1 is 1.36 bits per heavy atom. The average molecular weight is 323 g/mol. The van der Waals surface area contributed by atoms with Crippen molar-refractivity contribution >= 4 is 28.5 Å². The molecule has 2 aromatic rings. The Morgan fingerprint density at radius 2 is 2.09 bits per heavy atom. The summed E-state index contributed by atoms with van der Waals surface area (Å²) in [5.74, 6) is -0.592. The van der Waals surface area contributed by atoms with Crippen molar-refractivity contribution < 1.29 is 19.1 Å². The van der Waals surface area contributed by atoms with Crippen molar-refractivity contribution in [1.29, 1.82) is 0 Å². The lowest BCUT2D eigenvalue weighted by molar-refractivity contribution is -0.139. The first-order valence-electron chi connectivity index (χ1n) is 7.16. The van der Waals surface area contributed by atoms with Gasteiger partial charge < -0.3 is 14.3 Å². The van der Waals surface area contributed by atoms with Gasteiger partial charge in [-0.1, -0.05) is 24.4 Å². The highest BCUT2D eigenvalue weighted by Crippen LogP contribution is 2.34. The number of hydrogen-bond donors (Lipinski definition) is 1. The molecule has 1 saturated carbocycles. The molecule has 3 rings (SSSR count). The molecular formula is C16H15ClO5. The number of carboxylic acid groups (broad SMARTS) is 1. The Balaban J connectivity index is 2.03. The lowest BCUT2D eigenvalue weighted by atomic mass is 9.98. The lowest BCUT2D eigenvalue weighted by Gasteiger charge is -2.10. The van der Waals surface area contributed by atoms with E-state index in [0.717, 1.165) is 25.7 Å². The van der Waals surface area contributed by atoms with Crippen LogP contribution in [0.4, 0.5) is 0 Å². The largest absolute Gasteiger partial charge is 0.482 e. The second-order valence-corrected chi connectivity index (χ2v) is 5.87. The first kappa shape index (κ1) is 14.9. The van der Waals surface area contributed by atoms with Crippen molar-refractivity contribution in [2.75, 3.05) is 6.61 Å². The van der Waals surface area contributed by atoms with Gasteiger partial charge in [0, 0.05) is 11.6 Å². The quantitative estimate of drug-likeness (QED) is 0.931. The summed E-state index contributed by atoms with van der Waals surface area (Å²) < 4.78 is 10.6. The highest BCUT2D eigenvalue weighted by Gasteiger charge is 2.22. The summed E-state index contributed by atoms with van der Waals surface area (Å²) in [7, 11) is 0. The normalized spacial score (nSPS) is 15.3. The molecule has 0 aliphatic heterocycles. The first-order chi connectivity index (χ1) is 10.6. The van der Waals surface area contributed by atoms with Crippen LogP contribution in [0, 0.1) is 0 Å². The van der Waals surface area contributed by atoms with Crippen LogP contribution in [0.3, 0.4) is 0 Å².